The standard InChI is InChI=1S/C18H23N7O2S/c1-5-12(2)24-16(10-11-19-24)20-17(26)13(3)28-18-21-22-23-25(18)14-6-8-15(27-4)9-7-14/h6-13H,5H2,1-4H3,(H,20,26)/t12-,13+/m0/s1. The second-order valence-corrected chi connectivity index (χ2v) is 7.55. The lowest BCUT2D eigenvalue weighted by molar-refractivity contribution is -0.115. The molecule has 0 aliphatic carbocycles. The summed E-state index contributed by atoms with van der Waals surface area (Å²) in [6.07, 6.45) is 2.61. The smallest absolute Gasteiger partial charge is 0.238 e. The molecule has 0 fully saturated rings. The summed E-state index contributed by atoms with van der Waals surface area (Å²) in [6.45, 7) is 5.95. The second kappa shape index (κ2) is 8.87. The van der Waals surface area contributed by atoms with Gasteiger partial charge in [0.2, 0.25) is 11.1 Å². The molecular formula is C18H23N7O2S. The van der Waals surface area contributed by atoms with Crippen LogP contribution in [0.2, 0.25) is 0 Å². The minimum atomic E-state index is -0.400. The van der Waals surface area contributed by atoms with Gasteiger partial charge < -0.3 is 10.1 Å². The van der Waals surface area contributed by atoms with Crippen molar-refractivity contribution in [1.29, 1.82) is 0 Å². The van der Waals surface area contributed by atoms with Crippen LogP contribution < -0.4 is 10.1 Å². The zero-order valence-corrected chi connectivity index (χ0v) is 17.1. The zero-order chi connectivity index (χ0) is 20.1. The fourth-order valence-electron chi connectivity index (χ4n) is 2.51. The Morgan fingerprint density at radius 3 is 2.68 bits per heavy atom. The van der Waals surface area contributed by atoms with Crippen molar-refractivity contribution in [1.82, 2.24) is 30.0 Å². The molecule has 2 heterocycles. The molecule has 10 heteroatoms. The molecule has 0 bridgehead atoms. The van der Waals surface area contributed by atoms with Crippen LogP contribution in [0.25, 0.3) is 5.69 Å². The topological polar surface area (TPSA) is 99.8 Å². The van der Waals surface area contributed by atoms with Crippen LogP contribution in [0.3, 0.4) is 0 Å². The SMILES string of the molecule is CC[C@H](C)n1nccc1NC(=O)[C@@H](C)Sc1nnnn1-c1ccc(OC)cc1. The molecule has 0 unspecified atom stereocenters. The zero-order valence-electron chi connectivity index (χ0n) is 16.2. The summed E-state index contributed by atoms with van der Waals surface area (Å²) in [5.41, 5.74) is 0.788. The summed E-state index contributed by atoms with van der Waals surface area (Å²) in [5, 5.41) is 19.2. The number of nitrogens with one attached hydrogen (secondary N) is 1. The Morgan fingerprint density at radius 2 is 2.00 bits per heavy atom. The van der Waals surface area contributed by atoms with Crippen molar-refractivity contribution in [2.24, 2.45) is 0 Å². The predicted octanol–water partition coefficient (Wildman–Crippen LogP) is 2.96. The van der Waals surface area contributed by atoms with Crippen molar-refractivity contribution < 1.29 is 9.53 Å². The maximum absolute atomic E-state index is 12.7. The monoisotopic (exact) mass is 401 g/mol. The molecule has 0 saturated carbocycles. The third kappa shape index (κ3) is 4.33. The number of aromatic nitrogens is 6. The van der Waals surface area contributed by atoms with E-state index in [0.29, 0.717) is 11.0 Å². The predicted molar refractivity (Wildman–Crippen MR) is 107 cm³/mol. The van der Waals surface area contributed by atoms with Crippen LogP contribution in [0.4, 0.5) is 5.82 Å². The van der Waals surface area contributed by atoms with Crippen LogP contribution in [0, 0.1) is 0 Å². The van der Waals surface area contributed by atoms with Crippen molar-refractivity contribution in [3.05, 3.63) is 36.5 Å². The minimum absolute atomic E-state index is 0.140. The van der Waals surface area contributed by atoms with Crippen LogP contribution in [-0.2, 0) is 4.79 Å². The van der Waals surface area contributed by atoms with Crippen molar-refractivity contribution in [3.63, 3.8) is 0 Å². The highest BCUT2D eigenvalue weighted by atomic mass is 32.2. The number of benzene rings is 1. The maximum Gasteiger partial charge on any atom is 0.238 e. The fraction of sp³-hybridized carbons (Fsp3) is 0.389. The van der Waals surface area contributed by atoms with Gasteiger partial charge in [-0.3, -0.25) is 4.79 Å². The van der Waals surface area contributed by atoms with E-state index >= 15 is 0 Å². The molecule has 148 valence electrons. The lowest BCUT2D eigenvalue weighted by atomic mass is 10.3. The Kier molecular flexibility index (Phi) is 6.30. The van der Waals surface area contributed by atoms with Crippen LogP contribution in [0.15, 0.2) is 41.7 Å². The molecule has 3 aromatic rings. The molecule has 3 rings (SSSR count). The number of anilines is 1. The van der Waals surface area contributed by atoms with Crippen molar-refractivity contribution in [2.45, 2.75) is 43.6 Å². The second-order valence-electron chi connectivity index (χ2n) is 6.24. The molecule has 2 atom stereocenters. The summed E-state index contributed by atoms with van der Waals surface area (Å²) in [7, 11) is 1.61. The summed E-state index contributed by atoms with van der Waals surface area (Å²) in [5.74, 6) is 1.29. The van der Waals surface area contributed by atoms with Gasteiger partial charge in [0.05, 0.1) is 30.3 Å². The summed E-state index contributed by atoms with van der Waals surface area (Å²) >= 11 is 1.29. The van der Waals surface area contributed by atoms with E-state index in [9.17, 15) is 4.79 Å². The summed E-state index contributed by atoms with van der Waals surface area (Å²) < 4.78 is 8.58. The van der Waals surface area contributed by atoms with E-state index in [1.165, 1.54) is 11.8 Å². The van der Waals surface area contributed by atoms with Gasteiger partial charge in [0.25, 0.3) is 0 Å². The Labute approximate surface area is 167 Å². The lowest BCUT2D eigenvalue weighted by Gasteiger charge is -2.16. The normalized spacial score (nSPS) is 13.1. The van der Waals surface area contributed by atoms with Crippen molar-refractivity contribution >= 4 is 23.5 Å². The molecule has 9 nitrogen and oxygen atoms in total. The number of thioether (sulfide) groups is 1. The molecular weight excluding hydrogens is 378 g/mol. The van der Waals surface area contributed by atoms with Gasteiger partial charge in [-0.2, -0.15) is 9.78 Å². The van der Waals surface area contributed by atoms with Gasteiger partial charge in [0, 0.05) is 6.07 Å². The van der Waals surface area contributed by atoms with Crippen LogP contribution in [-0.4, -0.2) is 48.3 Å². The first-order valence-electron chi connectivity index (χ1n) is 8.97. The summed E-state index contributed by atoms with van der Waals surface area (Å²) in [4.78, 5) is 12.7. The number of carbonyl (C=O) groups is 1. The number of methoxy groups -OCH3 is 1. The molecule has 28 heavy (non-hydrogen) atoms. The van der Waals surface area contributed by atoms with E-state index < -0.39 is 5.25 Å². The number of hydrogen-bond donors (Lipinski definition) is 1. The highest BCUT2D eigenvalue weighted by Crippen LogP contribution is 2.25. The van der Waals surface area contributed by atoms with Crippen LogP contribution in [0.1, 0.15) is 33.2 Å². The Bertz CT molecular complexity index is 922. The van der Waals surface area contributed by atoms with Crippen LogP contribution >= 0.6 is 11.8 Å². The Morgan fingerprint density at radius 1 is 1.25 bits per heavy atom. The number of carbonyl (C=O) groups excluding carboxylic acids is 1. The van der Waals surface area contributed by atoms with Gasteiger partial charge in [0.15, 0.2) is 0 Å². The van der Waals surface area contributed by atoms with Gasteiger partial charge in [-0.15, -0.1) is 5.10 Å². The van der Waals surface area contributed by atoms with Gasteiger partial charge in [-0.25, -0.2) is 4.68 Å². The number of tetrazole rings is 1. The first kappa shape index (κ1) is 19.9. The van der Waals surface area contributed by atoms with E-state index in [-0.39, 0.29) is 11.9 Å². The fourth-order valence-corrected chi connectivity index (χ4v) is 3.32. The maximum atomic E-state index is 12.7. The Balaban J connectivity index is 1.70. The average Bonchev–Trinajstić information content (AvgIpc) is 3.37. The van der Waals surface area contributed by atoms with E-state index in [4.69, 9.17) is 4.74 Å². The van der Waals surface area contributed by atoms with Gasteiger partial charge in [0.1, 0.15) is 11.6 Å². The quantitative estimate of drug-likeness (QED) is 0.579. The first-order chi connectivity index (χ1) is 13.5. The lowest BCUT2D eigenvalue weighted by Crippen LogP contribution is -2.25. The molecule has 1 N–H and O–H groups in total. The molecule has 0 radical (unpaired) electrons. The third-order valence-corrected chi connectivity index (χ3v) is 5.37. The summed E-state index contributed by atoms with van der Waals surface area (Å²) in [6, 6.07) is 9.37. The molecule has 2 aromatic heterocycles. The Hall–Kier alpha value is -2.88. The number of ether oxygens (including phenoxy) is 1. The molecule has 0 aliphatic rings. The van der Waals surface area contributed by atoms with E-state index in [1.54, 1.807) is 24.1 Å². The molecule has 1 amide bonds. The minimum Gasteiger partial charge on any atom is -0.497 e. The largest absolute Gasteiger partial charge is 0.497 e. The van der Waals surface area contributed by atoms with Crippen molar-refractivity contribution in [2.75, 3.05) is 12.4 Å². The molecule has 0 spiro atoms. The number of amides is 1. The number of rotatable bonds is 8. The van der Waals surface area contributed by atoms with Gasteiger partial charge in [-0.1, -0.05) is 18.7 Å². The van der Waals surface area contributed by atoms with E-state index in [2.05, 4.69) is 39.8 Å². The highest BCUT2D eigenvalue weighted by Gasteiger charge is 2.21. The average molecular weight is 401 g/mol. The van der Waals surface area contributed by atoms with E-state index in [1.807, 2.05) is 35.9 Å². The first-order valence-corrected chi connectivity index (χ1v) is 9.85. The van der Waals surface area contributed by atoms with Gasteiger partial charge in [-0.05, 0) is 55.0 Å². The number of hydrogen-bond acceptors (Lipinski definition) is 7. The molecule has 0 saturated heterocycles. The molecule has 0 aliphatic heterocycles. The third-order valence-electron chi connectivity index (χ3n) is 4.34. The highest BCUT2D eigenvalue weighted by molar-refractivity contribution is 8.00. The number of nitrogens with zero attached hydrogens (tertiary/aromatic N) is 6. The van der Waals surface area contributed by atoms with E-state index in [0.717, 1.165) is 17.9 Å². The van der Waals surface area contributed by atoms with Gasteiger partial charge >= 0.3 is 0 Å². The molecule has 1 aromatic carbocycles. The van der Waals surface area contributed by atoms with Crippen LogP contribution in [0.5, 0.6) is 5.75 Å². The van der Waals surface area contributed by atoms with Crippen molar-refractivity contribution in [3.8, 4) is 11.4 Å².